The Kier molecular flexibility index (Phi) is 3.16. The molecule has 2 aromatic rings. The summed E-state index contributed by atoms with van der Waals surface area (Å²) in [6.07, 6.45) is 6.58. The number of fused-ring (bicyclic) bond motifs is 1. The number of aryl methyl sites for hydroxylation is 1. The normalized spacial score (nSPS) is 17.3. The number of rotatable bonds is 2. The largest absolute Gasteiger partial charge is 0.380 e. The molecule has 1 aromatic heterocycles. The van der Waals surface area contributed by atoms with E-state index in [9.17, 15) is 0 Å². The summed E-state index contributed by atoms with van der Waals surface area (Å²) in [6.45, 7) is 0. The average Bonchev–Trinajstić information content (AvgIpc) is 2.48. The summed E-state index contributed by atoms with van der Waals surface area (Å²) in [5, 5.41) is 12.5. The van der Waals surface area contributed by atoms with Crippen molar-refractivity contribution in [1.82, 2.24) is 4.98 Å². The van der Waals surface area contributed by atoms with E-state index in [0.717, 1.165) is 24.9 Å². The van der Waals surface area contributed by atoms with Gasteiger partial charge < -0.3 is 5.32 Å². The number of nitriles is 1. The Labute approximate surface area is 112 Å². The minimum atomic E-state index is 0.381. The quantitative estimate of drug-likeness (QED) is 0.890. The predicted octanol–water partition coefficient (Wildman–Crippen LogP) is 2.92. The van der Waals surface area contributed by atoms with Crippen LogP contribution in [0.2, 0.25) is 0 Å². The van der Waals surface area contributed by atoms with Crippen LogP contribution in [-0.4, -0.2) is 11.0 Å². The summed E-state index contributed by atoms with van der Waals surface area (Å²) in [5.41, 5.74) is 4.36. The monoisotopic (exact) mass is 249 g/mol. The maximum Gasteiger partial charge on any atom is 0.101 e. The summed E-state index contributed by atoms with van der Waals surface area (Å²) < 4.78 is 0. The molecule has 1 aliphatic carbocycles. The summed E-state index contributed by atoms with van der Waals surface area (Å²) in [7, 11) is 0. The van der Waals surface area contributed by atoms with E-state index in [-0.39, 0.29) is 0 Å². The van der Waals surface area contributed by atoms with Gasteiger partial charge in [0, 0.05) is 12.2 Å². The first-order chi connectivity index (χ1) is 9.36. The summed E-state index contributed by atoms with van der Waals surface area (Å²) >= 11 is 0. The van der Waals surface area contributed by atoms with Crippen molar-refractivity contribution >= 4 is 5.69 Å². The fourth-order valence-corrected chi connectivity index (χ4v) is 2.65. The van der Waals surface area contributed by atoms with Gasteiger partial charge >= 0.3 is 0 Å². The number of aromatic nitrogens is 1. The summed E-state index contributed by atoms with van der Waals surface area (Å²) in [5.74, 6) is 0. The predicted molar refractivity (Wildman–Crippen MR) is 74.8 cm³/mol. The number of hydrogen-bond acceptors (Lipinski definition) is 3. The molecule has 1 unspecified atom stereocenters. The van der Waals surface area contributed by atoms with E-state index in [1.807, 2.05) is 0 Å². The van der Waals surface area contributed by atoms with Crippen LogP contribution in [0.15, 0.2) is 42.7 Å². The molecule has 0 amide bonds. The number of nitrogens with one attached hydrogen (secondary N) is 1. The van der Waals surface area contributed by atoms with Crippen molar-refractivity contribution in [3.05, 3.63) is 59.4 Å². The van der Waals surface area contributed by atoms with Gasteiger partial charge in [0.1, 0.15) is 6.07 Å². The number of anilines is 1. The fourth-order valence-electron chi connectivity index (χ4n) is 2.65. The van der Waals surface area contributed by atoms with Crippen molar-refractivity contribution in [1.29, 1.82) is 5.26 Å². The molecule has 3 rings (SSSR count). The molecule has 0 bridgehead atoms. The van der Waals surface area contributed by atoms with Gasteiger partial charge in [-0.3, -0.25) is 4.98 Å². The molecular weight excluding hydrogens is 234 g/mol. The minimum absolute atomic E-state index is 0.381. The number of nitrogens with zero attached hydrogens (tertiary/aromatic N) is 2. The SMILES string of the molecule is N#Cc1ccncc1NC1CCc2ccccc2C1. The second-order valence-corrected chi connectivity index (χ2v) is 4.89. The Morgan fingerprint density at radius 1 is 1.21 bits per heavy atom. The molecule has 0 spiro atoms. The zero-order valence-corrected chi connectivity index (χ0v) is 10.6. The third-order valence-corrected chi connectivity index (χ3v) is 3.65. The highest BCUT2D eigenvalue weighted by Gasteiger charge is 2.18. The van der Waals surface area contributed by atoms with Crippen LogP contribution in [0.25, 0.3) is 0 Å². The van der Waals surface area contributed by atoms with Crippen LogP contribution in [0.1, 0.15) is 23.1 Å². The van der Waals surface area contributed by atoms with Crippen molar-refractivity contribution < 1.29 is 0 Å². The van der Waals surface area contributed by atoms with Crippen LogP contribution in [0.3, 0.4) is 0 Å². The molecule has 1 atom stereocenters. The fraction of sp³-hybridized carbons (Fsp3) is 0.250. The molecule has 94 valence electrons. The summed E-state index contributed by atoms with van der Waals surface area (Å²) in [6, 6.07) is 12.9. The maximum absolute atomic E-state index is 9.09. The highest BCUT2D eigenvalue weighted by Crippen LogP contribution is 2.24. The highest BCUT2D eigenvalue weighted by atomic mass is 14.9. The van der Waals surface area contributed by atoms with Crippen LogP contribution in [0.4, 0.5) is 5.69 Å². The van der Waals surface area contributed by atoms with Crippen LogP contribution < -0.4 is 5.32 Å². The van der Waals surface area contributed by atoms with E-state index in [1.165, 1.54) is 11.1 Å². The molecule has 1 aliphatic rings. The molecule has 1 aromatic carbocycles. The number of benzene rings is 1. The van der Waals surface area contributed by atoms with Gasteiger partial charge in [-0.2, -0.15) is 5.26 Å². The third kappa shape index (κ3) is 2.43. The van der Waals surface area contributed by atoms with Crippen molar-refractivity contribution in [3.63, 3.8) is 0 Å². The topological polar surface area (TPSA) is 48.7 Å². The van der Waals surface area contributed by atoms with E-state index in [4.69, 9.17) is 5.26 Å². The Hall–Kier alpha value is -2.34. The van der Waals surface area contributed by atoms with Gasteiger partial charge in [0.15, 0.2) is 0 Å². The highest BCUT2D eigenvalue weighted by molar-refractivity contribution is 5.56. The molecule has 0 aliphatic heterocycles. The average molecular weight is 249 g/mol. The minimum Gasteiger partial charge on any atom is -0.380 e. The van der Waals surface area contributed by atoms with Gasteiger partial charge in [0.2, 0.25) is 0 Å². The van der Waals surface area contributed by atoms with Gasteiger partial charge in [-0.25, -0.2) is 0 Å². The molecule has 0 saturated carbocycles. The number of hydrogen-bond donors (Lipinski definition) is 1. The van der Waals surface area contributed by atoms with Crippen molar-refractivity contribution in [2.75, 3.05) is 5.32 Å². The van der Waals surface area contributed by atoms with Gasteiger partial charge in [0.05, 0.1) is 17.4 Å². The molecule has 0 saturated heterocycles. The zero-order chi connectivity index (χ0) is 13.1. The van der Waals surface area contributed by atoms with Crippen LogP contribution in [0.5, 0.6) is 0 Å². The van der Waals surface area contributed by atoms with Crippen LogP contribution >= 0.6 is 0 Å². The molecule has 3 nitrogen and oxygen atoms in total. The van der Waals surface area contributed by atoms with Crippen molar-refractivity contribution in [2.45, 2.75) is 25.3 Å². The van der Waals surface area contributed by atoms with Crippen molar-refractivity contribution in [2.24, 2.45) is 0 Å². The Balaban J connectivity index is 1.78. The Morgan fingerprint density at radius 3 is 2.89 bits per heavy atom. The lowest BCUT2D eigenvalue weighted by Gasteiger charge is -2.26. The van der Waals surface area contributed by atoms with Crippen LogP contribution in [0, 0.1) is 11.3 Å². The van der Waals surface area contributed by atoms with E-state index in [0.29, 0.717) is 11.6 Å². The molecule has 0 fully saturated rings. The number of pyridine rings is 1. The second-order valence-electron chi connectivity index (χ2n) is 4.89. The van der Waals surface area contributed by atoms with E-state index in [2.05, 4.69) is 40.6 Å². The lowest BCUT2D eigenvalue weighted by Crippen LogP contribution is -2.27. The second kappa shape index (κ2) is 5.11. The van der Waals surface area contributed by atoms with Gasteiger partial charge in [-0.05, 0) is 36.5 Å². The van der Waals surface area contributed by atoms with E-state index < -0.39 is 0 Å². The van der Waals surface area contributed by atoms with Gasteiger partial charge in [-0.1, -0.05) is 24.3 Å². The first kappa shape index (κ1) is 11.7. The lowest BCUT2D eigenvalue weighted by molar-refractivity contribution is 0.610. The zero-order valence-electron chi connectivity index (χ0n) is 10.6. The first-order valence-electron chi connectivity index (χ1n) is 6.54. The molecule has 19 heavy (non-hydrogen) atoms. The van der Waals surface area contributed by atoms with E-state index in [1.54, 1.807) is 18.5 Å². The summed E-state index contributed by atoms with van der Waals surface area (Å²) in [4.78, 5) is 4.09. The van der Waals surface area contributed by atoms with Crippen LogP contribution in [-0.2, 0) is 12.8 Å². The molecule has 3 heteroatoms. The standard InChI is InChI=1S/C16H15N3/c17-10-14-7-8-18-11-16(14)19-15-6-5-12-3-1-2-4-13(12)9-15/h1-4,7-8,11,15,19H,5-6,9H2. The Bertz CT molecular complexity index is 628. The Morgan fingerprint density at radius 2 is 2.05 bits per heavy atom. The van der Waals surface area contributed by atoms with E-state index >= 15 is 0 Å². The molecular formula is C16H15N3. The van der Waals surface area contributed by atoms with Gasteiger partial charge in [-0.15, -0.1) is 0 Å². The maximum atomic E-state index is 9.09. The third-order valence-electron chi connectivity index (χ3n) is 3.65. The molecule has 1 heterocycles. The molecule has 1 N–H and O–H groups in total. The van der Waals surface area contributed by atoms with Crippen molar-refractivity contribution in [3.8, 4) is 6.07 Å². The lowest BCUT2D eigenvalue weighted by atomic mass is 9.88. The smallest absolute Gasteiger partial charge is 0.101 e. The van der Waals surface area contributed by atoms with Gasteiger partial charge in [0.25, 0.3) is 0 Å². The molecule has 0 radical (unpaired) electrons. The first-order valence-corrected chi connectivity index (χ1v) is 6.54.